The van der Waals surface area contributed by atoms with Gasteiger partial charge in [0, 0.05) is 5.92 Å². The molecular formula is C7H11O2S. The second kappa shape index (κ2) is 3.42. The summed E-state index contributed by atoms with van der Waals surface area (Å²) in [6, 6.07) is 0. The molecule has 0 aliphatic carbocycles. The second-order valence-corrected chi connectivity index (χ2v) is 3.78. The molecule has 0 N–H and O–H groups in total. The van der Waals surface area contributed by atoms with Gasteiger partial charge in [-0.1, -0.05) is 6.08 Å². The molecule has 3 unspecified atom stereocenters. The van der Waals surface area contributed by atoms with Crippen molar-refractivity contribution in [2.75, 3.05) is 11.7 Å². The van der Waals surface area contributed by atoms with Gasteiger partial charge in [0.1, 0.15) is 11.9 Å². The molecule has 1 aliphatic rings. The second-order valence-electron chi connectivity index (χ2n) is 2.33. The molecule has 0 aromatic heterocycles. The number of hydrogen-bond acceptors (Lipinski definition) is 2. The average Bonchev–Trinajstić information content (AvgIpc) is 2.34. The summed E-state index contributed by atoms with van der Waals surface area (Å²) in [5.74, 6) is 1.05. The topological polar surface area (TPSA) is 32.3 Å². The first-order valence-corrected chi connectivity index (χ1v) is 4.65. The van der Waals surface area contributed by atoms with Crippen LogP contribution >= 0.6 is 0 Å². The van der Waals surface area contributed by atoms with Crippen molar-refractivity contribution in [1.82, 2.24) is 0 Å². The Balaban J connectivity index is 2.36. The van der Waals surface area contributed by atoms with E-state index in [1.807, 2.05) is 0 Å². The summed E-state index contributed by atoms with van der Waals surface area (Å²) in [6.45, 7) is 7.38. The van der Waals surface area contributed by atoms with Crippen molar-refractivity contribution in [3.8, 4) is 0 Å². The highest BCUT2D eigenvalue weighted by molar-refractivity contribution is 7.91. The Labute approximate surface area is 64.4 Å². The van der Waals surface area contributed by atoms with Crippen LogP contribution in [0.5, 0.6) is 0 Å². The summed E-state index contributed by atoms with van der Waals surface area (Å²) in [6.07, 6.45) is 1.76. The van der Waals surface area contributed by atoms with E-state index in [1.54, 1.807) is 6.08 Å². The summed E-state index contributed by atoms with van der Waals surface area (Å²) in [5.41, 5.74) is 0. The van der Waals surface area contributed by atoms with Gasteiger partial charge in [-0.05, 0) is 18.1 Å². The maximum Gasteiger partial charge on any atom is 0.206 e. The molecule has 0 aromatic rings. The van der Waals surface area contributed by atoms with Gasteiger partial charge in [-0.2, -0.15) is 0 Å². The summed E-state index contributed by atoms with van der Waals surface area (Å²) in [4.78, 5) is 0. The quantitative estimate of drug-likeness (QED) is 0.439. The van der Waals surface area contributed by atoms with Crippen LogP contribution in [-0.4, -0.2) is 22.3 Å². The van der Waals surface area contributed by atoms with Crippen LogP contribution in [0.4, 0.5) is 0 Å². The van der Waals surface area contributed by atoms with Gasteiger partial charge in [-0.3, -0.25) is 0 Å². The Morgan fingerprint density at radius 1 is 1.80 bits per heavy atom. The van der Waals surface area contributed by atoms with Crippen molar-refractivity contribution in [3.63, 3.8) is 0 Å². The number of rotatable bonds is 2. The van der Waals surface area contributed by atoms with Gasteiger partial charge in [0.2, 0.25) is 5.94 Å². The molecule has 0 bridgehead atoms. The summed E-state index contributed by atoms with van der Waals surface area (Å²) >= 11 is -0.785. The fourth-order valence-corrected chi connectivity index (χ4v) is 1.97. The first-order valence-electron chi connectivity index (χ1n) is 3.16. The molecule has 1 heterocycles. The molecule has 10 heavy (non-hydrogen) atoms. The smallest absolute Gasteiger partial charge is 0.206 e. The fourth-order valence-electron chi connectivity index (χ4n) is 0.842. The van der Waals surface area contributed by atoms with Gasteiger partial charge in [0.05, 0.1) is 0 Å². The van der Waals surface area contributed by atoms with E-state index in [9.17, 15) is 4.55 Å². The van der Waals surface area contributed by atoms with Crippen molar-refractivity contribution in [2.24, 2.45) is 5.92 Å². The average molecular weight is 159 g/mol. The molecule has 3 atom stereocenters. The normalized spacial score (nSPS) is 35.8. The summed E-state index contributed by atoms with van der Waals surface area (Å²) < 4.78 is 16.0. The van der Waals surface area contributed by atoms with Crippen molar-refractivity contribution in [2.45, 2.75) is 6.10 Å². The minimum atomic E-state index is -0.785. The number of hydrogen-bond donors (Lipinski definition) is 0. The molecule has 57 valence electrons. The van der Waals surface area contributed by atoms with Crippen molar-refractivity contribution < 1.29 is 9.29 Å². The molecule has 1 aliphatic heterocycles. The molecule has 0 saturated carbocycles. The Morgan fingerprint density at radius 2 is 2.50 bits per heavy atom. The predicted octanol–water partition coefficient (Wildman–Crippen LogP) is 0.728. The van der Waals surface area contributed by atoms with E-state index in [0.29, 0.717) is 11.7 Å². The van der Waals surface area contributed by atoms with Crippen LogP contribution in [0.2, 0.25) is 0 Å². The highest BCUT2D eigenvalue weighted by Crippen LogP contribution is 2.17. The standard InChI is InChI=1S/C7H11O2S/c1-3-6(2)7-4-10(8)5-9-7/h3,6-7H,1-2,4-5H2. The zero-order valence-corrected chi connectivity index (χ0v) is 6.60. The van der Waals surface area contributed by atoms with E-state index in [1.165, 1.54) is 0 Å². The molecule has 0 spiro atoms. The van der Waals surface area contributed by atoms with Crippen LogP contribution in [0.15, 0.2) is 12.7 Å². The third kappa shape index (κ3) is 1.75. The molecule has 3 heteroatoms. The molecule has 0 amide bonds. The Kier molecular flexibility index (Phi) is 2.77. The lowest BCUT2D eigenvalue weighted by Crippen LogP contribution is -2.19. The van der Waals surface area contributed by atoms with E-state index in [4.69, 9.17) is 4.74 Å². The minimum Gasteiger partial charge on any atom is -0.614 e. The van der Waals surface area contributed by atoms with Gasteiger partial charge in [-0.15, -0.1) is 6.58 Å². The SMILES string of the molecule is [CH2]C(C=C)C1C[S+]([O-])CO1. The molecule has 1 fully saturated rings. The first kappa shape index (κ1) is 8.11. The summed E-state index contributed by atoms with van der Waals surface area (Å²) in [5, 5.41) is 0. The van der Waals surface area contributed by atoms with E-state index < -0.39 is 11.2 Å². The molecule has 2 nitrogen and oxygen atoms in total. The van der Waals surface area contributed by atoms with Crippen molar-refractivity contribution >= 4 is 11.2 Å². The van der Waals surface area contributed by atoms with Gasteiger partial charge in [-0.25, -0.2) is 0 Å². The van der Waals surface area contributed by atoms with Crippen molar-refractivity contribution in [1.29, 1.82) is 0 Å². The summed E-state index contributed by atoms with van der Waals surface area (Å²) in [7, 11) is 0. The first-order chi connectivity index (χ1) is 4.74. The molecule has 0 aromatic carbocycles. The Morgan fingerprint density at radius 3 is 2.90 bits per heavy atom. The predicted molar refractivity (Wildman–Crippen MR) is 41.8 cm³/mol. The molecule has 1 rings (SSSR count). The lowest BCUT2D eigenvalue weighted by atomic mass is 10.1. The van der Waals surface area contributed by atoms with Crippen LogP contribution in [0.25, 0.3) is 0 Å². The maximum atomic E-state index is 10.8. The van der Waals surface area contributed by atoms with Gasteiger partial charge >= 0.3 is 0 Å². The van der Waals surface area contributed by atoms with E-state index in [0.717, 1.165) is 0 Å². The monoisotopic (exact) mass is 159 g/mol. The minimum absolute atomic E-state index is 0.0262. The van der Waals surface area contributed by atoms with E-state index >= 15 is 0 Å². The maximum absolute atomic E-state index is 10.8. The van der Waals surface area contributed by atoms with E-state index in [2.05, 4.69) is 13.5 Å². The van der Waals surface area contributed by atoms with E-state index in [-0.39, 0.29) is 12.0 Å². The highest BCUT2D eigenvalue weighted by atomic mass is 32.2. The van der Waals surface area contributed by atoms with Gasteiger partial charge in [0.15, 0.2) is 0 Å². The van der Waals surface area contributed by atoms with Crippen LogP contribution in [0.3, 0.4) is 0 Å². The van der Waals surface area contributed by atoms with Crippen LogP contribution in [0, 0.1) is 12.8 Å². The zero-order chi connectivity index (χ0) is 7.56. The zero-order valence-electron chi connectivity index (χ0n) is 5.79. The Hall–Kier alpha value is 0.01000. The van der Waals surface area contributed by atoms with Crippen LogP contribution in [-0.2, 0) is 15.9 Å². The highest BCUT2D eigenvalue weighted by Gasteiger charge is 2.29. The lowest BCUT2D eigenvalue weighted by Gasteiger charge is -2.09. The lowest BCUT2D eigenvalue weighted by molar-refractivity contribution is 0.103. The van der Waals surface area contributed by atoms with Crippen LogP contribution < -0.4 is 0 Å². The van der Waals surface area contributed by atoms with Gasteiger partial charge < -0.3 is 9.29 Å². The number of ether oxygens (including phenoxy) is 1. The largest absolute Gasteiger partial charge is 0.614 e. The van der Waals surface area contributed by atoms with Crippen LogP contribution in [0.1, 0.15) is 0 Å². The van der Waals surface area contributed by atoms with Gasteiger partial charge in [0.25, 0.3) is 0 Å². The third-order valence-corrected chi connectivity index (χ3v) is 2.64. The Bertz CT molecular complexity index is 127. The third-order valence-electron chi connectivity index (χ3n) is 1.54. The molecular weight excluding hydrogens is 148 g/mol. The molecule has 1 saturated heterocycles. The molecule has 1 radical (unpaired) electrons. The van der Waals surface area contributed by atoms with Crippen molar-refractivity contribution in [3.05, 3.63) is 19.6 Å². The fraction of sp³-hybridized carbons (Fsp3) is 0.571.